The normalized spacial score (nSPS) is 10.2. The second-order valence-corrected chi connectivity index (χ2v) is 4.19. The lowest BCUT2D eigenvalue weighted by atomic mass is 10.1. The van der Waals surface area contributed by atoms with Gasteiger partial charge in [-0.3, -0.25) is 0 Å². The molecule has 4 heteroatoms. The zero-order valence-corrected chi connectivity index (χ0v) is 10.4. The fraction of sp³-hybridized carbons (Fsp3) is 0.133. The summed E-state index contributed by atoms with van der Waals surface area (Å²) in [4.78, 5) is 11.0. The largest absolute Gasteiger partial charge is 0.488 e. The standard InChI is InChI=1S/C15H13FO3/c1-10-5-7-11(8-6-10)9-19-13-4-2-3-12(16)14(13)15(17)18/h2-8H,9H2,1H3,(H,17,18). The quantitative estimate of drug-likeness (QED) is 0.916. The Morgan fingerprint density at radius 3 is 2.53 bits per heavy atom. The van der Waals surface area contributed by atoms with E-state index < -0.39 is 17.3 Å². The molecule has 0 radical (unpaired) electrons. The summed E-state index contributed by atoms with van der Waals surface area (Å²) in [5.41, 5.74) is 1.58. The molecule has 0 amide bonds. The van der Waals surface area contributed by atoms with Crippen LogP contribution in [0.5, 0.6) is 5.75 Å². The first-order valence-corrected chi connectivity index (χ1v) is 5.78. The van der Waals surface area contributed by atoms with Gasteiger partial charge in [0.05, 0.1) is 0 Å². The van der Waals surface area contributed by atoms with Crippen LogP contribution in [-0.4, -0.2) is 11.1 Å². The molecule has 0 spiro atoms. The van der Waals surface area contributed by atoms with E-state index in [9.17, 15) is 9.18 Å². The molecule has 0 bridgehead atoms. The minimum Gasteiger partial charge on any atom is -0.488 e. The average molecular weight is 260 g/mol. The van der Waals surface area contributed by atoms with Crippen molar-refractivity contribution in [1.29, 1.82) is 0 Å². The summed E-state index contributed by atoms with van der Waals surface area (Å²) in [6.45, 7) is 2.17. The smallest absolute Gasteiger partial charge is 0.342 e. The predicted octanol–water partition coefficient (Wildman–Crippen LogP) is 3.41. The molecule has 0 aromatic heterocycles. The highest BCUT2D eigenvalue weighted by atomic mass is 19.1. The number of aromatic carboxylic acids is 1. The van der Waals surface area contributed by atoms with Gasteiger partial charge in [0.15, 0.2) is 0 Å². The van der Waals surface area contributed by atoms with E-state index in [4.69, 9.17) is 9.84 Å². The van der Waals surface area contributed by atoms with Gasteiger partial charge >= 0.3 is 5.97 Å². The van der Waals surface area contributed by atoms with E-state index in [-0.39, 0.29) is 12.4 Å². The molecule has 0 aliphatic heterocycles. The van der Waals surface area contributed by atoms with Crippen LogP contribution < -0.4 is 4.74 Å². The molecule has 3 nitrogen and oxygen atoms in total. The number of hydrogen-bond donors (Lipinski definition) is 1. The Morgan fingerprint density at radius 1 is 1.21 bits per heavy atom. The molecule has 0 saturated heterocycles. The zero-order chi connectivity index (χ0) is 13.8. The summed E-state index contributed by atoms with van der Waals surface area (Å²) in [5, 5.41) is 8.96. The number of carboxylic acids is 1. The second kappa shape index (κ2) is 5.52. The second-order valence-electron chi connectivity index (χ2n) is 4.19. The Kier molecular flexibility index (Phi) is 3.80. The molecule has 0 heterocycles. The molecular formula is C15H13FO3. The van der Waals surface area contributed by atoms with Crippen molar-refractivity contribution in [2.24, 2.45) is 0 Å². The minimum absolute atomic E-state index is 0.0353. The van der Waals surface area contributed by atoms with E-state index in [1.165, 1.54) is 12.1 Å². The zero-order valence-electron chi connectivity index (χ0n) is 10.4. The van der Waals surface area contributed by atoms with Crippen molar-refractivity contribution in [3.8, 4) is 5.75 Å². The predicted molar refractivity (Wildman–Crippen MR) is 68.9 cm³/mol. The lowest BCUT2D eigenvalue weighted by Gasteiger charge is -2.09. The van der Waals surface area contributed by atoms with Gasteiger partial charge in [-0.05, 0) is 24.6 Å². The molecule has 0 saturated carbocycles. The van der Waals surface area contributed by atoms with Gasteiger partial charge in [0.25, 0.3) is 0 Å². The number of rotatable bonds is 4. The highest BCUT2D eigenvalue weighted by Gasteiger charge is 2.16. The summed E-state index contributed by atoms with van der Waals surface area (Å²) in [5.74, 6) is -2.10. The number of halogens is 1. The van der Waals surface area contributed by atoms with Crippen molar-refractivity contribution in [3.63, 3.8) is 0 Å². The van der Waals surface area contributed by atoms with Crippen molar-refractivity contribution in [2.75, 3.05) is 0 Å². The molecule has 19 heavy (non-hydrogen) atoms. The molecule has 0 unspecified atom stereocenters. The Bertz CT molecular complexity index is 591. The molecule has 0 fully saturated rings. The van der Waals surface area contributed by atoms with Gasteiger partial charge < -0.3 is 9.84 Å². The fourth-order valence-electron chi connectivity index (χ4n) is 1.68. The van der Waals surface area contributed by atoms with Crippen LogP contribution >= 0.6 is 0 Å². The van der Waals surface area contributed by atoms with Gasteiger partial charge in [0.2, 0.25) is 0 Å². The monoisotopic (exact) mass is 260 g/mol. The van der Waals surface area contributed by atoms with Crippen molar-refractivity contribution in [3.05, 3.63) is 65.0 Å². The van der Waals surface area contributed by atoms with Crippen LogP contribution in [0.4, 0.5) is 4.39 Å². The average Bonchev–Trinajstić information content (AvgIpc) is 2.37. The summed E-state index contributed by atoms with van der Waals surface area (Å²) in [6.07, 6.45) is 0. The first-order valence-electron chi connectivity index (χ1n) is 5.78. The Balaban J connectivity index is 2.18. The molecule has 0 aliphatic carbocycles. The van der Waals surface area contributed by atoms with E-state index in [0.717, 1.165) is 17.2 Å². The maximum Gasteiger partial charge on any atom is 0.342 e. The summed E-state index contributed by atoms with van der Waals surface area (Å²) < 4.78 is 18.8. The number of carboxylic acid groups (broad SMARTS) is 1. The van der Waals surface area contributed by atoms with Crippen LogP contribution in [0.25, 0.3) is 0 Å². The Labute approximate surface area is 110 Å². The number of carbonyl (C=O) groups is 1. The van der Waals surface area contributed by atoms with Crippen LogP contribution in [-0.2, 0) is 6.61 Å². The van der Waals surface area contributed by atoms with E-state index >= 15 is 0 Å². The fourth-order valence-corrected chi connectivity index (χ4v) is 1.68. The third kappa shape index (κ3) is 3.10. The SMILES string of the molecule is Cc1ccc(COc2cccc(F)c2C(=O)O)cc1. The number of ether oxygens (including phenoxy) is 1. The lowest BCUT2D eigenvalue weighted by molar-refractivity contribution is 0.0686. The van der Waals surface area contributed by atoms with Crippen LogP contribution in [0.15, 0.2) is 42.5 Å². The molecule has 2 aromatic rings. The topological polar surface area (TPSA) is 46.5 Å². The van der Waals surface area contributed by atoms with Crippen LogP contribution in [0.1, 0.15) is 21.5 Å². The highest BCUT2D eigenvalue weighted by Crippen LogP contribution is 2.22. The number of aryl methyl sites for hydroxylation is 1. The van der Waals surface area contributed by atoms with Gasteiger partial charge in [-0.15, -0.1) is 0 Å². The van der Waals surface area contributed by atoms with Crippen molar-refractivity contribution in [1.82, 2.24) is 0 Å². The third-order valence-corrected chi connectivity index (χ3v) is 2.70. The minimum atomic E-state index is -1.34. The molecule has 1 N–H and O–H groups in total. The van der Waals surface area contributed by atoms with Crippen LogP contribution in [0.3, 0.4) is 0 Å². The molecular weight excluding hydrogens is 247 g/mol. The first-order chi connectivity index (χ1) is 9.08. The Hall–Kier alpha value is -2.36. The van der Waals surface area contributed by atoms with Gasteiger partial charge in [-0.25, -0.2) is 9.18 Å². The van der Waals surface area contributed by atoms with Crippen molar-refractivity contribution >= 4 is 5.97 Å². The van der Waals surface area contributed by atoms with E-state index in [2.05, 4.69) is 0 Å². The number of benzene rings is 2. The molecule has 2 rings (SSSR count). The van der Waals surface area contributed by atoms with Gasteiger partial charge in [-0.2, -0.15) is 0 Å². The maximum absolute atomic E-state index is 13.4. The summed E-state index contributed by atoms with van der Waals surface area (Å²) in [7, 11) is 0. The molecule has 0 atom stereocenters. The summed E-state index contributed by atoms with van der Waals surface area (Å²) >= 11 is 0. The van der Waals surface area contributed by atoms with Crippen LogP contribution in [0.2, 0.25) is 0 Å². The number of hydrogen-bond acceptors (Lipinski definition) is 2. The van der Waals surface area contributed by atoms with Crippen molar-refractivity contribution in [2.45, 2.75) is 13.5 Å². The van der Waals surface area contributed by atoms with E-state index in [1.807, 2.05) is 31.2 Å². The lowest BCUT2D eigenvalue weighted by Crippen LogP contribution is -2.06. The molecule has 98 valence electrons. The van der Waals surface area contributed by atoms with Gasteiger partial charge in [-0.1, -0.05) is 35.9 Å². The molecule has 0 aliphatic rings. The van der Waals surface area contributed by atoms with Crippen LogP contribution in [0, 0.1) is 12.7 Å². The maximum atomic E-state index is 13.4. The van der Waals surface area contributed by atoms with Gasteiger partial charge in [0.1, 0.15) is 23.7 Å². The summed E-state index contributed by atoms with van der Waals surface area (Å²) in [6, 6.07) is 11.6. The highest BCUT2D eigenvalue weighted by molar-refractivity contribution is 5.91. The van der Waals surface area contributed by atoms with Crippen molar-refractivity contribution < 1.29 is 19.0 Å². The third-order valence-electron chi connectivity index (χ3n) is 2.70. The van der Waals surface area contributed by atoms with Gasteiger partial charge in [0, 0.05) is 0 Å². The Morgan fingerprint density at radius 2 is 1.89 bits per heavy atom. The van der Waals surface area contributed by atoms with E-state index in [0.29, 0.717) is 0 Å². The van der Waals surface area contributed by atoms with E-state index in [1.54, 1.807) is 0 Å². The first kappa shape index (κ1) is 13.1. The molecule has 2 aromatic carbocycles.